The summed E-state index contributed by atoms with van der Waals surface area (Å²) in [6.45, 7) is 10.9. The van der Waals surface area contributed by atoms with Crippen molar-refractivity contribution in [3.05, 3.63) is 11.4 Å². The van der Waals surface area contributed by atoms with Crippen LogP contribution in [0.2, 0.25) is 0 Å². The van der Waals surface area contributed by atoms with Crippen LogP contribution >= 0.6 is 0 Å². The monoisotopic (exact) mass is 109 g/mol. The first-order chi connectivity index (χ1) is 3.75. The number of nitrogens with zero attached hydrogens (tertiary/aromatic N) is 1. The Balaban J connectivity index is 2.31. The van der Waals surface area contributed by atoms with E-state index < -0.39 is 0 Å². The van der Waals surface area contributed by atoms with Gasteiger partial charge in [0.2, 0.25) is 6.04 Å². The van der Waals surface area contributed by atoms with E-state index in [2.05, 4.69) is 11.8 Å². The summed E-state index contributed by atoms with van der Waals surface area (Å²) in [7, 11) is 0. The highest BCUT2D eigenvalue weighted by atomic mass is 14.7. The van der Waals surface area contributed by atoms with Gasteiger partial charge in [-0.05, 0) is 12.3 Å². The van der Waals surface area contributed by atoms with Crippen molar-refractivity contribution in [3.63, 3.8) is 0 Å². The summed E-state index contributed by atoms with van der Waals surface area (Å²) in [4.78, 5) is 3.45. The summed E-state index contributed by atoms with van der Waals surface area (Å²) in [5.41, 5.74) is 0. The minimum atomic E-state index is 0.282. The van der Waals surface area contributed by atoms with Crippen LogP contribution in [0.15, 0.2) is 0 Å². The van der Waals surface area contributed by atoms with Gasteiger partial charge < -0.3 is 4.85 Å². The van der Waals surface area contributed by atoms with E-state index in [9.17, 15) is 0 Å². The van der Waals surface area contributed by atoms with Gasteiger partial charge in [-0.25, -0.2) is 6.57 Å². The standard InChI is InChI=1S/C7H11N/c1-5-4-7(5)6(2)8-3/h5-7H,4H2,1-2H3. The molecule has 1 heteroatoms. The quantitative estimate of drug-likeness (QED) is 0.453. The minimum Gasteiger partial charge on any atom is -0.314 e. The lowest BCUT2D eigenvalue weighted by Gasteiger charge is -1.90. The van der Waals surface area contributed by atoms with E-state index in [1.54, 1.807) is 0 Å². The molecule has 0 aromatic rings. The van der Waals surface area contributed by atoms with Crippen molar-refractivity contribution >= 4 is 0 Å². The molecule has 0 amide bonds. The fourth-order valence-corrected chi connectivity index (χ4v) is 1.12. The first kappa shape index (κ1) is 5.62. The van der Waals surface area contributed by atoms with Crippen LogP contribution < -0.4 is 0 Å². The SMILES string of the molecule is [C-]#[N+]C(C)C1CC1C. The summed E-state index contributed by atoms with van der Waals surface area (Å²) in [6, 6.07) is 0.282. The molecular formula is C7H11N. The second-order valence-corrected chi connectivity index (χ2v) is 2.75. The molecule has 0 spiro atoms. The molecule has 1 nitrogen and oxygen atoms in total. The predicted molar refractivity (Wildman–Crippen MR) is 33.3 cm³/mol. The molecule has 0 aliphatic heterocycles. The van der Waals surface area contributed by atoms with Crippen molar-refractivity contribution in [3.8, 4) is 0 Å². The van der Waals surface area contributed by atoms with Gasteiger partial charge in [0.1, 0.15) is 0 Å². The topological polar surface area (TPSA) is 4.36 Å². The average Bonchev–Trinajstić information content (AvgIpc) is 2.45. The van der Waals surface area contributed by atoms with E-state index in [0.29, 0.717) is 0 Å². The Hall–Kier alpha value is -0.510. The highest BCUT2D eigenvalue weighted by molar-refractivity contribution is 4.95. The molecule has 1 aliphatic rings. The third-order valence-electron chi connectivity index (χ3n) is 1.99. The molecule has 1 rings (SSSR count). The fourth-order valence-electron chi connectivity index (χ4n) is 1.12. The lowest BCUT2D eigenvalue weighted by Crippen LogP contribution is -1.97. The molecule has 0 aromatic heterocycles. The molecule has 0 bridgehead atoms. The van der Waals surface area contributed by atoms with Crippen LogP contribution in [0.4, 0.5) is 0 Å². The van der Waals surface area contributed by atoms with Crippen LogP contribution in [0.3, 0.4) is 0 Å². The third kappa shape index (κ3) is 0.838. The van der Waals surface area contributed by atoms with Gasteiger partial charge in [0.05, 0.1) is 0 Å². The van der Waals surface area contributed by atoms with Gasteiger partial charge in [-0.2, -0.15) is 0 Å². The Morgan fingerprint density at radius 3 is 2.38 bits per heavy atom. The fraction of sp³-hybridized carbons (Fsp3) is 0.857. The zero-order chi connectivity index (χ0) is 6.15. The molecule has 3 unspecified atom stereocenters. The molecule has 0 saturated heterocycles. The molecule has 44 valence electrons. The van der Waals surface area contributed by atoms with E-state index in [-0.39, 0.29) is 6.04 Å². The Morgan fingerprint density at radius 1 is 1.75 bits per heavy atom. The summed E-state index contributed by atoms with van der Waals surface area (Å²) < 4.78 is 0. The summed E-state index contributed by atoms with van der Waals surface area (Å²) >= 11 is 0. The van der Waals surface area contributed by atoms with E-state index in [1.165, 1.54) is 6.42 Å². The maximum Gasteiger partial charge on any atom is 0.224 e. The Labute approximate surface area is 50.5 Å². The third-order valence-corrected chi connectivity index (χ3v) is 1.99. The number of hydrogen-bond acceptors (Lipinski definition) is 0. The van der Waals surface area contributed by atoms with Gasteiger partial charge in [-0.15, -0.1) is 0 Å². The maximum atomic E-state index is 6.69. The molecule has 1 saturated carbocycles. The lowest BCUT2D eigenvalue weighted by molar-refractivity contribution is 0.678. The normalized spacial score (nSPS) is 38.1. The second kappa shape index (κ2) is 1.78. The Morgan fingerprint density at radius 2 is 2.25 bits per heavy atom. The largest absolute Gasteiger partial charge is 0.314 e. The van der Waals surface area contributed by atoms with Crippen molar-refractivity contribution in [2.45, 2.75) is 26.3 Å². The molecule has 8 heavy (non-hydrogen) atoms. The molecule has 1 fully saturated rings. The van der Waals surface area contributed by atoms with Gasteiger partial charge in [0.25, 0.3) is 0 Å². The second-order valence-electron chi connectivity index (χ2n) is 2.75. The van der Waals surface area contributed by atoms with Crippen LogP contribution in [0.25, 0.3) is 4.85 Å². The van der Waals surface area contributed by atoms with Gasteiger partial charge in [-0.1, -0.05) is 6.92 Å². The zero-order valence-corrected chi connectivity index (χ0v) is 5.39. The van der Waals surface area contributed by atoms with E-state index in [4.69, 9.17) is 6.57 Å². The van der Waals surface area contributed by atoms with Crippen LogP contribution in [0.1, 0.15) is 20.3 Å². The molecule has 3 atom stereocenters. The smallest absolute Gasteiger partial charge is 0.224 e. The maximum absolute atomic E-state index is 6.69. The van der Waals surface area contributed by atoms with Crippen molar-refractivity contribution < 1.29 is 0 Å². The molecule has 0 heterocycles. The molecule has 1 aliphatic carbocycles. The van der Waals surface area contributed by atoms with E-state index in [1.807, 2.05) is 6.92 Å². The van der Waals surface area contributed by atoms with Crippen LogP contribution in [0, 0.1) is 18.4 Å². The van der Waals surface area contributed by atoms with Gasteiger partial charge in [-0.3, -0.25) is 0 Å². The number of rotatable bonds is 1. The summed E-state index contributed by atoms with van der Waals surface area (Å²) in [5.74, 6) is 1.56. The Bertz CT molecular complexity index is 123. The van der Waals surface area contributed by atoms with Crippen molar-refractivity contribution in [2.75, 3.05) is 0 Å². The molecular weight excluding hydrogens is 98.1 g/mol. The highest BCUT2D eigenvalue weighted by Crippen LogP contribution is 2.41. The average molecular weight is 109 g/mol. The van der Waals surface area contributed by atoms with Crippen molar-refractivity contribution in [2.24, 2.45) is 11.8 Å². The van der Waals surface area contributed by atoms with E-state index >= 15 is 0 Å². The highest BCUT2D eigenvalue weighted by Gasteiger charge is 2.40. The molecule has 0 aromatic carbocycles. The molecule has 0 radical (unpaired) electrons. The summed E-state index contributed by atoms with van der Waals surface area (Å²) in [6.07, 6.45) is 1.28. The van der Waals surface area contributed by atoms with Crippen LogP contribution in [-0.4, -0.2) is 6.04 Å². The van der Waals surface area contributed by atoms with Crippen LogP contribution in [0.5, 0.6) is 0 Å². The Kier molecular flexibility index (Phi) is 1.25. The predicted octanol–water partition coefficient (Wildman–Crippen LogP) is 1.95. The summed E-state index contributed by atoms with van der Waals surface area (Å²) in [5, 5.41) is 0. The zero-order valence-electron chi connectivity index (χ0n) is 5.39. The first-order valence-electron chi connectivity index (χ1n) is 3.12. The van der Waals surface area contributed by atoms with Crippen molar-refractivity contribution in [1.82, 2.24) is 0 Å². The first-order valence-corrected chi connectivity index (χ1v) is 3.12. The van der Waals surface area contributed by atoms with Gasteiger partial charge >= 0.3 is 0 Å². The lowest BCUT2D eigenvalue weighted by atomic mass is 10.2. The van der Waals surface area contributed by atoms with Gasteiger partial charge in [0.15, 0.2) is 0 Å². The van der Waals surface area contributed by atoms with Gasteiger partial charge in [0, 0.05) is 12.8 Å². The number of hydrogen-bond donors (Lipinski definition) is 0. The van der Waals surface area contributed by atoms with Crippen LogP contribution in [-0.2, 0) is 0 Å². The van der Waals surface area contributed by atoms with Crippen molar-refractivity contribution in [1.29, 1.82) is 0 Å². The molecule has 0 N–H and O–H groups in total. The van der Waals surface area contributed by atoms with E-state index in [0.717, 1.165) is 11.8 Å². The minimum absolute atomic E-state index is 0.282.